The van der Waals surface area contributed by atoms with Crippen molar-refractivity contribution >= 4 is 5.91 Å². The Labute approximate surface area is 84.2 Å². The second-order valence-electron chi connectivity index (χ2n) is 5.47. The number of nitrogens with two attached hydrogens (primary N) is 2. The van der Waals surface area contributed by atoms with E-state index in [4.69, 9.17) is 11.5 Å². The van der Waals surface area contributed by atoms with E-state index in [0.717, 1.165) is 18.8 Å². The van der Waals surface area contributed by atoms with Gasteiger partial charge in [-0.15, -0.1) is 0 Å². The molecule has 5 unspecified atom stereocenters. The molecule has 3 heteroatoms. The summed E-state index contributed by atoms with van der Waals surface area (Å²) >= 11 is 0. The second-order valence-corrected chi connectivity index (χ2v) is 5.47. The Morgan fingerprint density at radius 1 is 1.29 bits per heavy atom. The van der Waals surface area contributed by atoms with Crippen molar-refractivity contribution in [1.29, 1.82) is 0 Å². The molecule has 14 heavy (non-hydrogen) atoms. The zero-order chi connectivity index (χ0) is 9.92. The standard InChI is InChI=1S/C11H18N2O/c12-10(14)11(13)5-6-4-9(11)8-3-1-2-7(6)8/h6-9H,1-5,13H2,(H2,12,14). The van der Waals surface area contributed by atoms with Crippen molar-refractivity contribution in [3.8, 4) is 0 Å². The van der Waals surface area contributed by atoms with Gasteiger partial charge in [-0.2, -0.15) is 0 Å². The first-order valence-corrected chi connectivity index (χ1v) is 5.71. The minimum absolute atomic E-state index is 0.268. The van der Waals surface area contributed by atoms with Crippen LogP contribution in [-0.4, -0.2) is 11.4 Å². The van der Waals surface area contributed by atoms with Crippen LogP contribution in [0.5, 0.6) is 0 Å². The van der Waals surface area contributed by atoms with Crippen LogP contribution in [-0.2, 0) is 4.79 Å². The molecule has 3 aliphatic carbocycles. The third-order valence-corrected chi connectivity index (χ3v) is 5.02. The normalized spacial score (nSPS) is 54.9. The molecule has 3 nitrogen and oxygen atoms in total. The van der Waals surface area contributed by atoms with Gasteiger partial charge in [-0.1, -0.05) is 6.42 Å². The SMILES string of the molecule is NC(=O)C1(N)CC2CC1C1CCCC21. The van der Waals surface area contributed by atoms with Crippen LogP contribution in [0.25, 0.3) is 0 Å². The molecule has 0 radical (unpaired) electrons. The fraction of sp³-hybridized carbons (Fsp3) is 0.909. The topological polar surface area (TPSA) is 69.1 Å². The van der Waals surface area contributed by atoms with Gasteiger partial charge in [0.15, 0.2) is 0 Å². The van der Waals surface area contributed by atoms with Crippen molar-refractivity contribution in [3.05, 3.63) is 0 Å². The fourth-order valence-electron chi connectivity index (χ4n) is 4.47. The van der Waals surface area contributed by atoms with Gasteiger partial charge < -0.3 is 11.5 Å². The Kier molecular flexibility index (Phi) is 1.56. The number of primary amides is 1. The first-order valence-electron chi connectivity index (χ1n) is 5.71. The highest BCUT2D eigenvalue weighted by Gasteiger charge is 2.61. The van der Waals surface area contributed by atoms with Crippen molar-refractivity contribution in [2.75, 3.05) is 0 Å². The molecule has 0 heterocycles. The molecule has 0 spiro atoms. The largest absolute Gasteiger partial charge is 0.368 e. The van der Waals surface area contributed by atoms with E-state index in [1.54, 1.807) is 0 Å². The van der Waals surface area contributed by atoms with Crippen LogP contribution in [0.1, 0.15) is 32.1 Å². The number of fused-ring (bicyclic) bond motifs is 5. The van der Waals surface area contributed by atoms with E-state index in [2.05, 4.69) is 0 Å². The molecule has 0 aliphatic heterocycles. The van der Waals surface area contributed by atoms with Crippen LogP contribution < -0.4 is 11.5 Å². The van der Waals surface area contributed by atoms with E-state index >= 15 is 0 Å². The molecule has 0 saturated heterocycles. The van der Waals surface area contributed by atoms with Gasteiger partial charge in [-0.05, 0) is 49.4 Å². The smallest absolute Gasteiger partial charge is 0.237 e. The molecule has 4 N–H and O–H groups in total. The van der Waals surface area contributed by atoms with Crippen molar-refractivity contribution in [1.82, 2.24) is 0 Å². The van der Waals surface area contributed by atoms with E-state index in [0.29, 0.717) is 17.8 Å². The van der Waals surface area contributed by atoms with Crippen molar-refractivity contribution in [3.63, 3.8) is 0 Å². The minimum Gasteiger partial charge on any atom is -0.368 e. The van der Waals surface area contributed by atoms with Gasteiger partial charge in [0.25, 0.3) is 0 Å². The third-order valence-electron chi connectivity index (χ3n) is 5.02. The molecule has 0 aromatic heterocycles. The summed E-state index contributed by atoms with van der Waals surface area (Å²) < 4.78 is 0. The molecule has 0 aromatic carbocycles. The summed E-state index contributed by atoms with van der Waals surface area (Å²) in [4.78, 5) is 11.4. The molecule has 3 saturated carbocycles. The van der Waals surface area contributed by atoms with E-state index in [1.807, 2.05) is 0 Å². The maximum Gasteiger partial charge on any atom is 0.237 e. The Hall–Kier alpha value is -0.570. The molecule has 0 aromatic rings. The Morgan fingerprint density at radius 2 is 2.00 bits per heavy atom. The zero-order valence-corrected chi connectivity index (χ0v) is 8.41. The quantitative estimate of drug-likeness (QED) is 0.642. The predicted molar refractivity (Wildman–Crippen MR) is 53.2 cm³/mol. The highest BCUT2D eigenvalue weighted by Crippen LogP contribution is 2.61. The Bertz CT molecular complexity index is 291. The number of amides is 1. The fourth-order valence-corrected chi connectivity index (χ4v) is 4.47. The van der Waals surface area contributed by atoms with Gasteiger partial charge in [0.1, 0.15) is 0 Å². The van der Waals surface area contributed by atoms with Gasteiger partial charge in [-0.3, -0.25) is 4.79 Å². The third kappa shape index (κ3) is 0.842. The summed E-state index contributed by atoms with van der Waals surface area (Å²) in [6, 6.07) is 0. The van der Waals surface area contributed by atoms with Crippen molar-refractivity contribution in [2.24, 2.45) is 35.1 Å². The molecule has 1 amide bonds. The minimum atomic E-state index is -0.657. The maximum atomic E-state index is 11.4. The van der Waals surface area contributed by atoms with Crippen molar-refractivity contribution in [2.45, 2.75) is 37.6 Å². The van der Waals surface area contributed by atoms with E-state index in [-0.39, 0.29) is 5.91 Å². The average molecular weight is 194 g/mol. The number of rotatable bonds is 1. The van der Waals surface area contributed by atoms with Crippen LogP contribution in [0.15, 0.2) is 0 Å². The second kappa shape index (κ2) is 2.51. The first-order chi connectivity index (χ1) is 6.63. The van der Waals surface area contributed by atoms with E-state index in [1.165, 1.54) is 19.3 Å². The van der Waals surface area contributed by atoms with Crippen LogP contribution in [0.3, 0.4) is 0 Å². The lowest BCUT2D eigenvalue weighted by atomic mass is 9.71. The van der Waals surface area contributed by atoms with Crippen LogP contribution in [0.4, 0.5) is 0 Å². The molecule has 3 fully saturated rings. The molecule has 3 aliphatic rings. The Morgan fingerprint density at radius 3 is 2.71 bits per heavy atom. The van der Waals surface area contributed by atoms with E-state index in [9.17, 15) is 4.79 Å². The lowest BCUT2D eigenvalue weighted by molar-refractivity contribution is -0.126. The van der Waals surface area contributed by atoms with Gasteiger partial charge in [-0.25, -0.2) is 0 Å². The molecule has 2 bridgehead atoms. The van der Waals surface area contributed by atoms with Gasteiger partial charge in [0.05, 0.1) is 5.54 Å². The number of hydrogen-bond acceptors (Lipinski definition) is 2. The summed E-state index contributed by atoms with van der Waals surface area (Å²) in [5.74, 6) is 2.42. The predicted octanol–water partition coefficient (Wildman–Crippen LogP) is 0.625. The summed E-state index contributed by atoms with van der Waals surface area (Å²) in [7, 11) is 0. The summed E-state index contributed by atoms with van der Waals surface area (Å²) in [6.45, 7) is 0. The molecular formula is C11H18N2O. The molecule has 78 valence electrons. The molecule has 5 atom stereocenters. The Balaban J connectivity index is 1.93. The number of carbonyl (C=O) groups is 1. The van der Waals surface area contributed by atoms with Crippen LogP contribution >= 0.6 is 0 Å². The number of carbonyl (C=O) groups excluding carboxylic acids is 1. The summed E-state index contributed by atoms with van der Waals surface area (Å²) in [5, 5.41) is 0. The van der Waals surface area contributed by atoms with Crippen LogP contribution in [0.2, 0.25) is 0 Å². The summed E-state index contributed by atoms with van der Waals surface area (Å²) in [6.07, 6.45) is 5.98. The molecule has 3 rings (SSSR count). The van der Waals surface area contributed by atoms with Crippen LogP contribution in [0, 0.1) is 23.7 Å². The lowest BCUT2D eigenvalue weighted by Gasteiger charge is -2.37. The van der Waals surface area contributed by atoms with Gasteiger partial charge >= 0.3 is 0 Å². The average Bonchev–Trinajstić information content (AvgIpc) is 2.71. The van der Waals surface area contributed by atoms with Gasteiger partial charge in [0.2, 0.25) is 5.91 Å². The van der Waals surface area contributed by atoms with Crippen molar-refractivity contribution < 1.29 is 4.79 Å². The first kappa shape index (κ1) is 8.72. The zero-order valence-electron chi connectivity index (χ0n) is 8.41. The highest BCUT2D eigenvalue weighted by atomic mass is 16.1. The highest BCUT2D eigenvalue weighted by molar-refractivity contribution is 5.85. The lowest BCUT2D eigenvalue weighted by Crippen LogP contribution is -2.58. The molecular weight excluding hydrogens is 176 g/mol. The summed E-state index contributed by atoms with van der Waals surface area (Å²) in [5.41, 5.74) is 10.9. The maximum absolute atomic E-state index is 11.4. The van der Waals surface area contributed by atoms with E-state index < -0.39 is 5.54 Å². The van der Waals surface area contributed by atoms with Gasteiger partial charge in [0, 0.05) is 0 Å². The monoisotopic (exact) mass is 194 g/mol. The number of hydrogen-bond donors (Lipinski definition) is 2.